The minimum absolute atomic E-state index is 0.0682. The van der Waals surface area contributed by atoms with Crippen LogP contribution in [-0.4, -0.2) is 19.4 Å². The van der Waals surface area contributed by atoms with Crippen LogP contribution in [0.1, 0.15) is 22.4 Å². The fourth-order valence-corrected chi connectivity index (χ4v) is 1.97. The Morgan fingerprint density at radius 2 is 1.84 bits per heavy atom. The van der Waals surface area contributed by atoms with Crippen molar-refractivity contribution in [3.8, 4) is 0 Å². The van der Waals surface area contributed by atoms with Crippen molar-refractivity contribution >= 4 is 15.9 Å². The normalized spacial score (nSPS) is 13.6. The summed E-state index contributed by atoms with van der Waals surface area (Å²) in [6, 6.07) is 2.09. The average Bonchev–Trinajstić information content (AvgIpc) is 2.28. The van der Waals surface area contributed by atoms with Gasteiger partial charge in [-0.25, -0.2) is 8.78 Å². The first-order valence-electron chi connectivity index (χ1n) is 5.45. The maximum atomic E-state index is 13.6. The van der Waals surface area contributed by atoms with E-state index in [0.29, 0.717) is 0 Å². The number of hydrogen-bond acceptors (Lipinski definition) is 1. The van der Waals surface area contributed by atoms with Crippen LogP contribution < -0.4 is 0 Å². The standard InChI is InChI=1S/C12H12BrF5O/c1-7-4-11(15)8(5-10(7)14)9(13)2-3-19-6-12(16,17)18/h4-5,9H,2-3,6H2,1H3. The van der Waals surface area contributed by atoms with Gasteiger partial charge in [-0.15, -0.1) is 0 Å². The van der Waals surface area contributed by atoms with Gasteiger partial charge < -0.3 is 4.74 Å². The summed E-state index contributed by atoms with van der Waals surface area (Å²) in [6.45, 7) is -0.125. The molecule has 0 saturated carbocycles. The zero-order valence-corrected chi connectivity index (χ0v) is 11.6. The predicted molar refractivity (Wildman–Crippen MR) is 64.3 cm³/mol. The number of alkyl halides is 4. The van der Waals surface area contributed by atoms with Crippen LogP contribution >= 0.6 is 15.9 Å². The van der Waals surface area contributed by atoms with Crippen LogP contribution in [0.4, 0.5) is 22.0 Å². The smallest absolute Gasteiger partial charge is 0.372 e. The van der Waals surface area contributed by atoms with Gasteiger partial charge in [0.1, 0.15) is 18.2 Å². The Morgan fingerprint density at radius 3 is 2.42 bits per heavy atom. The van der Waals surface area contributed by atoms with Crippen LogP contribution in [0.3, 0.4) is 0 Å². The number of ether oxygens (including phenoxy) is 1. The van der Waals surface area contributed by atoms with Crippen LogP contribution in [0, 0.1) is 18.6 Å². The molecule has 1 aromatic carbocycles. The molecule has 1 atom stereocenters. The summed E-state index contributed by atoms with van der Waals surface area (Å²) in [6.07, 6.45) is -4.28. The number of halogens is 6. The molecule has 0 N–H and O–H groups in total. The van der Waals surface area contributed by atoms with Crippen LogP contribution in [0.25, 0.3) is 0 Å². The first-order valence-corrected chi connectivity index (χ1v) is 6.36. The van der Waals surface area contributed by atoms with Gasteiger partial charge in [0.05, 0.1) is 0 Å². The Kier molecular flexibility index (Phi) is 5.73. The second-order valence-electron chi connectivity index (χ2n) is 4.05. The van der Waals surface area contributed by atoms with Crippen molar-refractivity contribution in [2.45, 2.75) is 24.3 Å². The molecule has 0 saturated heterocycles. The molecule has 1 nitrogen and oxygen atoms in total. The van der Waals surface area contributed by atoms with Crippen LogP contribution in [-0.2, 0) is 4.74 Å². The summed E-state index contributed by atoms with van der Waals surface area (Å²) in [5, 5.41) is 0. The number of benzene rings is 1. The van der Waals surface area contributed by atoms with Gasteiger partial charge in [0.2, 0.25) is 0 Å². The predicted octanol–water partition coefficient (Wildman–Crippen LogP) is 4.68. The zero-order valence-electron chi connectivity index (χ0n) is 10.0. The van der Waals surface area contributed by atoms with Crippen molar-refractivity contribution in [3.05, 3.63) is 34.9 Å². The Balaban J connectivity index is 2.54. The summed E-state index contributed by atoms with van der Waals surface area (Å²) in [5.74, 6) is -1.16. The summed E-state index contributed by atoms with van der Waals surface area (Å²) < 4.78 is 66.7. The van der Waals surface area contributed by atoms with Crippen molar-refractivity contribution < 1.29 is 26.7 Å². The van der Waals surface area contributed by atoms with Crippen molar-refractivity contribution in [1.82, 2.24) is 0 Å². The molecule has 0 aliphatic rings. The maximum Gasteiger partial charge on any atom is 0.411 e. The lowest BCUT2D eigenvalue weighted by Gasteiger charge is -2.13. The fourth-order valence-electron chi connectivity index (χ4n) is 1.43. The molecule has 7 heteroatoms. The van der Waals surface area contributed by atoms with E-state index in [2.05, 4.69) is 20.7 Å². The Labute approximate surface area is 115 Å². The van der Waals surface area contributed by atoms with Gasteiger partial charge >= 0.3 is 6.18 Å². The third kappa shape index (κ3) is 5.44. The summed E-state index contributed by atoms with van der Waals surface area (Å²) in [7, 11) is 0. The molecule has 1 rings (SSSR count). The third-order valence-corrected chi connectivity index (χ3v) is 3.35. The van der Waals surface area contributed by atoms with Gasteiger partial charge in [0, 0.05) is 17.0 Å². The SMILES string of the molecule is Cc1cc(F)c(C(Br)CCOCC(F)(F)F)cc1F. The monoisotopic (exact) mass is 346 g/mol. The molecule has 108 valence electrons. The number of hydrogen-bond donors (Lipinski definition) is 0. The highest BCUT2D eigenvalue weighted by atomic mass is 79.9. The second-order valence-corrected chi connectivity index (χ2v) is 5.15. The first kappa shape index (κ1) is 16.4. The van der Waals surface area contributed by atoms with Crippen molar-refractivity contribution in [3.63, 3.8) is 0 Å². The molecule has 0 radical (unpaired) electrons. The molecule has 0 aromatic heterocycles. The molecule has 0 aliphatic carbocycles. The largest absolute Gasteiger partial charge is 0.411 e. The molecule has 0 spiro atoms. The van der Waals surface area contributed by atoms with Crippen LogP contribution in [0.2, 0.25) is 0 Å². The van der Waals surface area contributed by atoms with Gasteiger partial charge in [-0.3, -0.25) is 0 Å². The van der Waals surface area contributed by atoms with E-state index in [1.54, 1.807) is 0 Å². The summed E-state index contributed by atoms with van der Waals surface area (Å²) >= 11 is 3.11. The molecule has 1 aromatic rings. The topological polar surface area (TPSA) is 9.23 Å². The summed E-state index contributed by atoms with van der Waals surface area (Å²) in [4.78, 5) is -0.601. The minimum atomic E-state index is -4.39. The first-order chi connectivity index (χ1) is 8.70. The van der Waals surface area contributed by atoms with Crippen molar-refractivity contribution in [1.29, 1.82) is 0 Å². The lowest BCUT2D eigenvalue weighted by molar-refractivity contribution is -0.174. The van der Waals surface area contributed by atoms with E-state index in [-0.39, 0.29) is 24.2 Å². The maximum absolute atomic E-state index is 13.6. The number of rotatable bonds is 5. The zero-order chi connectivity index (χ0) is 14.6. The average molecular weight is 347 g/mol. The van der Waals surface area contributed by atoms with E-state index >= 15 is 0 Å². The lowest BCUT2D eigenvalue weighted by Crippen LogP contribution is -2.17. The van der Waals surface area contributed by atoms with Gasteiger partial charge in [-0.05, 0) is 31.0 Å². The molecule has 0 heterocycles. The van der Waals surface area contributed by atoms with E-state index in [0.717, 1.165) is 12.1 Å². The second kappa shape index (κ2) is 6.65. The Morgan fingerprint density at radius 1 is 1.21 bits per heavy atom. The summed E-state index contributed by atoms with van der Waals surface area (Å²) in [5.41, 5.74) is 0.244. The van der Waals surface area contributed by atoms with E-state index in [4.69, 9.17) is 0 Å². The van der Waals surface area contributed by atoms with E-state index < -0.39 is 29.2 Å². The van der Waals surface area contributed by atoms with Crippen LogP contribution in [0.5, 0.6) is 0 Å². The number of aryl methyl sites for hydroxylation is 1. The van der Waals surface area contributed by atoms with Crippen LogP contribution in [0.15, 0.2) is 12.1 Å². The van der Waals surface area contributed by atoms with E-state index in [1.165, 1.54) is 6.92 Å². The lowest BCUT2D eigenvalue weighted by atomic mass is 10.1. The van der Waals surface area contributed by atoms with Gasteiger partial charge in [-0.2, -0.15) is 13.2 Å². The fraction of sp³-hybridized carbons (Fsp3) is 0.500. The minimum Gasteiger partial charge on any atom is -0.372 e. The molecular formula is C12H12BrF5O. The van der Waals surface area contributed by atoms with E-state index in [1.807, 2.05) is 0 Å². The highest BCUT2D eigenvalue weighted by molar-refractivity contribution is 9.09. The van der Waals surface area contributed by atoms with Crippen molar-refractivity contribution in [2.75, 3.05) is 13.2 Å². The molecular weight excluding hydrogens is 335 g/mol. The quantitative estimate of drug-likeness (QED) is 0.427. The highest BCUT2D eigenvalue weighted by Crippen LogP contribution is 2.30. The third-order valence-electron chi connectivity index (χ3n) is 2.40. The highest BCUT2D eigenvalue weighted by Gasteiger charge is 2.27. The molecule has 0 bridgehead atoms. The van der Waals surface area contributed by atoms with Gasteiger partial charge in [0.25, 0.3) is 0 Å². The molecule has 0 fully saturated rings. The molecule has 0 amide bonds. The Bertz CT molecular complexity index is 433. The molecule has 19 heavy (non-hydrogen) atoms. The van der Waals surface area contributed by atoms with Gasteiger partial charge in [0.15, 0.2) is 0 Å². The van der Waals surface area contributed by atoms with Crippen molar-refractivity contribution in [2.24, 2.45) is 0 Å². The van der Waals surface area contributed by atoms with E-state index in [9.17, 15) is 22.0 Å². The Hall–Kier alpha value is -0.690. The molecule has 1 unspecified atom stereocenters. The molecule has 0 aliphatic heterocycles. The van der Waals surface area contributed by atoms with Gasteiger partial charge in [-0.1, -0.05) is 15.9 Å².